The van der Waals surface area contributed by atoms with Crippen molar-refractivity contribution >= 4 is 17.5 Å². The molecule has 0 saturated carbocycles. The predicted molar refractivity (Wildman–Crippen MR) is 112 cm³/mol. The van der Waals surface area contributed by atoms with E-state index in [1.165, 1.54) is 0 Å². The topological polar surface area (TPSA) is 80.3 Å². The molecule has 29 heavy (non-hydrogen) atoms. The summed E-state index contributed by atoms with van der Waals surface area (Å²) in [7, 11) is 1.58. The summed E-state index contributed by atoms with van der Waals surface area (Å²) in [6, 6.07) is 17.9. The Labute approximate surface area is 169 Å². The van der Waals surface area contributed by atoms with Gasteiger partial charge in [0.25, 0.3) is 11.8 Å². The molecule has 3 rings (SSSR count). The first kappa shape index (κ1) is 20.1. The predicted octanol–water partition coefficient (Wildman–Crippen LogP) is 3.89. The van der Waals surface area contributed by atoms with Crippen molar-refractivity contribution in [1.29, 1.82) is 0 Å². The largest absolute Gasteiger partial charge is 0.496 e. The van der Waals surface area contributed by atoms with E-state index >= 15 is 0 Å². The number of anilines is 1. The Hall–Kier alpha value is -3.67. The number of benzene rings is 2. The molecule has 1 aromatic heterocycles. The van der Waals surface area contributed by atoms with Gasteiger partial charge in [-0.3, -0.25) is 9.59 Å². The highest BCUT2D eigenvalue weighted by Gasteiger charge is 2.13. The van der Waals surface area contributed by atoms with Crippen LogP contribution in [0.2, 0.25) is 0 Å². The van der Waals surface area contributed by atoms with Gasteiger partial charge in [0.1, 0.15) is 17.1 Å². The van der Waals surface area contributed by atoms with Crippen LogP contribution in [0.3, 0.4) is 0 Å². The fraction of sp³-hybridized carbons (Fsp3) is 0.174. The van der Waals surface area contributed by atoms with E-state index in [1.54, 1.807) is 25.3 Å². The minimum absolute atomic E-state index is 0.174. The van der Waals surface area contributed by atoms with Gasteiger partial charge in [0.15, 0.2) is 0 Å². The molecule has 148 valence electrons. The number of pyridine rings is 1. The first-order valence-corrected chi connectivity index (χ1v) is 9.23. The second-order valence-corrected chi connectivity index (χ2v) is 6.66. The molecule has 0 radical (unpaired) electrons. The van der Waals surface area contributed by atoms with Gasteiger partial charge in [-0.1, -0.05) is 30.3 Å². The van der Waals surface area contributed by atoms with Crippen LogP contribution in [0.15, 0.2) is 60.7 Å². The van der Waals surface area contributed by atoms with Gasteiger partial charge in [0.05, 0.1) is 7.11 Å². The second-order valence-electron chi connectivity index (χ2n) is 6.66. The van der Waals surface area contributed by atoms with Crippen molar-refractivity contribution in [3.05, 3.63) is 88.7 Å². The normalized spacial score (nSPS) is 10.3. The third-order valence-electron chi connectivity index (χ3n) is 4.61. The van der Waals surface area contributed by atoms with Crippen LogP contribution < -0.4 is 15.4 Å². The molecule has 2 aromatic carbocycles. The van der Waals surface area contributed by atoms with Gasteiger partial charge in [-0.05, 0) is 55.3 Å². The van der Waals surface area contributed by atoms with Crippen molar-refractivity contribution in [2.75, 3.05) is 12.4 Å². The van der Waals surface area contributed by atoms with E-state index in [0.717, 1.165) is 16.7 Å². The van der Waals surface area contributed by atoms with E-state index in [2.05, 4.69) is 15.6 Å². The molecule has 0 spiro atoms. The molecule has 0 bridgehead atoms. The summed E-state index contributed by atoms with van der Waals surface area (Å²) in [6.45, 7) is 4.29. The number of aromatic nitrogens is 1. The number of ether oxygens (including phenoxy) is 1. The average molecular weight is 389 g/mol. The SMILES string of the molecule is COc1ccccc1CNC(=O)c1cccc(C(=O)Nc2ccc(C)c(C)c2)n1. The van der Waals surface area contributed by atoms with Crippen LogP contribution in [0, 0.1) is 13.8 Å². The molecule has 0 atom stereocenters. The third kappa shape index (κ3) is 4.99. The van der Waals surface area contributed by atoms with Crippen molar-refractivity contribution in [2.45, 2.75) is 20.4 Å². The Balaban J connectivity index is 1.68. The summed E-state index contributed by atoms with van der Waals surface area (Å²) < 4.78 is 5.29. The van der Waals surface area contributed by atoms with Gasteiger partial charge in [-0.25, -0.2) is 4.98 Å². The number of para-hydroxylation sites is 1. The molecule has 0 saturated heterocycles. The molecule has 2 N–H and O–H groups in total. The van der Waals surface area contributed by atoms with E-state index in [-0.39, 0.29) is 23.2 Å². The van der Waals surface area contributed by atoms with E-state index in [0.29, 0.717) is 18.0 Å². The lowest BCUT2D eigenvalue weighted by atomic mass is 10.1. The zero-order valence-electron chi connectivity index (χ0n) is 16.7. The standard InChI is InChI=1S/C23H23N3O3/c1-15-11-12-18(13-16(15)2)25-23(28)20-9-6-8-19(26-20)22(27)24-14-17-7-4-5-10-21(17)29-3/h4-13H,14H2,1-3H3,(H,24,27)(H,25,28). The molecule has 2 amide bonds. The number of nitrogens with zero attached hydrogens (tertiary/aromatic N) is 1. The van der Waals surface area contributed by atoms with Crippen LogP contribution in [0.25, 0.3) is 0 Å². The van der Waals surface area contributed by atoms with Crippen molar-refractivity contribution in [1.82, 2.24) is 10.3 Å². The summed E-state index contributed by atoms with van der Waals surface area (Å²) in [5, 5.41) is 5.62. The summed E-state index contributed by atoms with van der Waals surface area (Å²) in [4.78, 5) is 29.2. The van der Waals surface area contributed by atoms with Crippen molar-refractivity contribution in [2.24, 2.45) is 0 Å². The first-order valence-electron chi connectivity index (χ1n) is 9.23. The number of hydrogen-bond acceptors (Lipinski definition) is 4. The first-order chi connectivity index (χ1) is 14.0. The zero-order chi connectivity index (χ0) is 20.8. The molecule has 3 aromatic rings. The fourth-order valence-corrected chi connectivity index (χ4v) is 2.82. The third-order valence-corrected chi connectivity index (χ3v) is 4.61. The van der Waals surface area contributed by atoms with Crippen LogP contribution in [0.4, 0.5) is 5.69 Å². The second kappa shape index (κ2) is 9.01. The van der Waals surface area contributed by atoms with Gasteiger partial charge in [-0.2, -0.15) is 0 Å². The lowest BCUT2D eigenvalue weighted by Gasteiger charge is -2.10. The lowest BCUT2D eigenvalue weighted by molar-refractivity contribution is 0.0945. The zero-order valence-corrected chi connectivity index (χ0v) is 16.7. The van der Waals surface area contributed by atoms with Crippen LogP contribution in [0.5, 0.6) is 5.75 Å². The highest BCUT2D eigenvalue weighted by Crippen LogP contribution is 2.17. The number of carbonyl (C=O) groups is 2. The minimum Gasteiger partial charge on any atom is -0.496 e. The molecule has 0 aliphatic rings. The summed E-state index contributed by atoms with van der Waals surface area (Å²) in [6.07, 6.45) is 0. The van der Waals surface area contributed by atoms with E-state index in [4.69, 9.17) is 4.74 Å². The molecule has 0 unspecified atom stereocenters. The smallest absolute Gasteiger partial charge is 0.274 e. The molecular formula is C23H23N3O3. The number of carbonyl (C=O) groups excluding carboxylic acids is 2. The van der Waals surface area contributed by atoms with E-state index < -0.39 is 0 Å². The molecule has 0 fully saturated rings. The maximum Gasteiger partial charge on any atom is 0.274 e. The number of aryl methyl sites for hydroxylation is 2. The van der Waals surface area contributed by atoms with E-state index in [1.807, 2.05) is 56.3 Å². The van der Waals surface area contributed by atoms with Crippen LogP contribution >= 0.6 is 0 Å². The van der Waals surface area contributed by atoms with Gasteiger partial charge in [0, 0.05) is 17.8 Å². The van der Waals surface area contributed by atoms with Crippen LogP contribution in [0.1, 0.15) is 37.7 Å². The Bertz CT molecular complexity index is 1050. The van der Waals surface area contributed by atoms with Gasteiger partial charge >= 0.3 is 0 Å². The molecule has 0 aliphatic heterocycles. The van der Waals surface area contributed by atoms with Crippen LogP contribution in [-0.4, -0.2) is 23.9 Å². The Morgan fingerprint density at radius 3 is 2.34 bits per heavy atom. The molecule has 1 heterocycles. The van der Waals surface area contributed by atoms with Crippen LogP contribution in [-0.2, 0) is 6.54 Å². The highest BCUT2D eigenvalue weighted by atomic mass is 16.5. The highest BCUT2D eigenvalue weighted by molar-refractivity contribution is 6.03. The molecular weight excluding hydrogens is 366 g/mol. The number of nitrogens with one attached hydrogen (secondary N) is 2. The monoisotopic (exact) mass is 389 g/mol. The molecule has 6 nitrogen and oxygen atoms in total. The van der Waals surface area contributed by atoms with Gasteiger partial charge in [0.2, 0.25) is 0 Å². The number of hydrogen-bond donors (Lipinski definition) is 2. The number of methoxy groups -OCH3 is 1. The summed E-state index contributed by atoms with van der Waals surface area (Å²) >= 11 is 0. The summed E-state index contributed by atoms with van der Waals surface area (Å²) in [5.74, 6) is -0.0355. The maximum absolute atomic E-state index is 12.5. The molecule has 6 heteroatoms. The van der Waals surface area contributed by atoms with Crippen molar-refractivity contribution in [3.8, 4) is 5.75 Å². The van der Waals surface area contributed by atoms with Gasteiger partial charge < -0.3 is 15.4 Å². The van der Waals surface area contributed by atoms with Gasteiger partial charge in [-0.15, -0.1) is 0 Å². The number of amides is 2. The van der Waals surface area contributed by atoms with Crippen molar-refractivity contribution < 1.29 is 14.3 Å². The van der Waals surface area contributed by atoms with E-state index in [9.17, 15) is 9.59 Å². The lowest BCUT2D eigenvalue weighted by Crippen LogP contribution is -2.25. The Morgan fingerprint density at radius 1 is 0.897 bits per heavy atom. The Kier molecular flexibility index (Phi) is 6.24. The average Bonchev–Trinajstić information content (AvgIpc) is 2.74. The van der Waals surface area contributed by atoms with Crippen molar-refractivity contribution in [3.63, 3.8) is 0 Å². The quantitative estimate of drug-likeness (QED) is 0.670. The molecule has 0 aliphatic carbocycles. The maximum atomic E-state index is 12.5. The minimum atomic E-state index is -0.368. The fourth-order valence-electron chi connectivity index (χ4n) is 2.82. The number of rotatable bonds is 6. The summed E-state index contributed by atoms with van der Waals surface area (Å²) in [5.41, 5.74) is 4.12. The Morgan fingerprint density at radius 2 is 1.62 bits per heavy atom.